The maximum absolute atomic E-state index is 14.3. The van der Waals surface area contributed by atoms with Crippen LogP contribution in [-0.2, 0) is 10.0 Å². The molecule has 1 aliphatic heterocycles. The van der Waals surface area contributed by atoms with Crippen LogP contribution in [0, 0.1) is 5.82 Å². The van der Waals surface area contributed by atoms with Gasteiger partial charge in [-0.2, -0.15) is 0 Å². The Morgan fingerprint density at radius 3 is 2.38 bits per heavy atom. The maximum atomic E-state index is 14.3. The average Bonchev–Trinajstić information content (AvgIpc) is 3.15. The van der Waals surface area contributed by atoms with Crippen LogP contribution in [0.2, 0.25) is 0 Å². The lowest BCUT2D eigenvalue weighted by Gasteiger charge is -2.14. The molecule has 0 saturated carbocycles. The minimum absolute atomic E-state index is 0.126. The van der Waals surface area contributed by atoms with Crippen LogP contribution in [0.1, 0.15) is 10.1 Å². The Morgan fingerprint density at radius 2 is 1.73 bits per heavy atom. The molecule has 3 rings (SSSR count). The Bertz CT molecular complexity index is 899. The van der Waals surface area contributed by atoms with E-state index in [0.717, 1.165) is 29.2 Å². The Labute approximate surface area is 160 Å². The van der Waals surface area contributed by atoms with E-state index in [4.69, 9.17) is 9.47 Å². The summed E-state index contributed by atoms with van der Waals surface area (Å²) in [5.74, 6) is 1.50. The first kappa shape index (κ1) is 19.2. The SMILES string of the molecule is COc1cc(F)c(S(=O)(=O)Nc2cccc(C3SCCS3)c2)cc1OC. The van der Waals surface area contributed by atoms with Crippen molar-refractivity contribution in [3.05, 3.63) is 47.8 Å². The van der Waals surface area contributed by atoms with Crippen LogP contribution >= 0.6 is 23.5 Å². The third kappa shape index (κ3) is 4.05. The van der Waals surface area contributed by atoms with E-state index < -0.39 is 20.7 Å². The molecule has 0 radical (unpaired) electrons. The number of hydrogen-bond donors (Lipinski definition) is 1. The van der Waals surface area contributed by atoms with Crippen LogP contribution in [-0.4, -0.2) is 34.1 Å². The number of nitrogens with one attached hydrogen (secondary N) is 1. The van der Waals surface area contributed by atoms with Crippen molar-refractivity contribution in [1.29, 1.82) is 0 Å². The van der Waals surface area contributed by atoms with Crippen LogP contribution in [0.15, 0.2) is 41.3 Å². The van der Waals surface area contributed by atoms with Gasteiger partial charge in [-0.1, -0.05) is 12.1 Å². The molecule has 9 heteroatoms. The van der Waals surface area contributed by atoms with E-state index in [0.29, 0.717) is 5.69 Å². The van der Waals surface area contributed by atoms with Crippen LogP contribution in [0.25, 0.3) is 0 Å². The van der Waals surface area contributed by atoms with Gasteiger partial charge in [-0.05, 0) is 17.7 Å². The highest BCUT2D eigenvalue weighted by Gasteiger charge is 2.24. The summed E-state index contributed by atoms with van der Waals surface area (Å²) in [6, 6.07) is 9.29. The van der Waals surface area contributed by atoms with Crippen molar-refractivity contribution in [3.8, 4) is 11.5 Å². The van der Waals surface area contributed by atoms with Crippen molar-refractivity contribution in [2.24, 2.45) is 0 Å². The maximum Gasteiger partial charge on any atom is 0.264 e. The first-order chi connectivity index (χ1) is 12.4. The Balaban J connectivity index is 1.91. The number of methoxy groups -OCH3 is 2. The number of halogens is 1. The molecule has 0 aromatic heterocycles. The largest absolute Gasteiger partial charge is 0.493 e. The average molecular weight is 416 g/mol. The first-order valence-electron chi connectivity index (χ1n) is 7.72. The summed E-state index contributed by atoms with van der Waals surface area (Å²) < 4.78 is 52.4. The number of thioether (sulfide) groups is 2. The zero-order valence-corrected chi connectivity index (χ0v) is 16.6. The predicted molar refractivity (Wildman–Crippen MR) is 104 cm³/mol. The quantitative estimate of drug-likeness (QED) is 0.766. The summed E-state index contributed by atoms with van der Waals surface area (Å²) in [4.78, 5) is -0.495. The predicted octanol–water partition coefficient (Wildman–Crippen LogP) is 4.12. The number of anilines is 1. The molecule has 2 aromatic carbocycles. The summed E-state index contributed by atoms with van der Waals surface area (Å²) in [5, 5.41) is 0. The summed E-state index contributed by atoms with van der Waals surface area (Å²) >= 11 is 3.65. The molecule has 1 saturated heterocycles. The second-order valence-electron chi connectivity index (χ2n) is 5.44. The van der Waals surface area contributed by atoms with E-state index in [1.165, 1.54) is 14.2 Å². The van der Waals surface area contributed by atoms with E-state index in [1.807, 2.05) is 29.6 Å². The molecule has 1 fully saturated rings. The van der Waals surface area contributed by atoms with Gasteiger partial charge in [0.25, 0.3) is 10.0 Å². The minimum atomic E-state index is -4.12. The monoisotopic (exact) mass is 415 g/mol. The van der Waals surface area contributed by atoms with Gasteiger partial charge in [0.2, 0.25) is 0 Å². The Morgan fingerprint density at radius 1 is 1.08 bits per heavy atom. The molecule has 0 amide bonds. The summed E-state index contributed by atoms with van der Waals surface area (Å²) in [6.45, 7) is 0. The number of rotatable bonds is 6. The van der Waals surface area contributed by atoms with Gasteiger partial charge in [0.1, 0.15) is 10.7 Å². The first-order valence-corrected chi connectivity index (χ1v) is 11.3. The number of hydrogen-bond acceptors (Lipinski definition) is 6. The smallest absolute Gasteiger partial charge is 0.264 e. The van der Waals surface area contributed by atoms with Crippen molar-refractivity contribution in [2.45, 2.75) is 9.48 Å². The van der Waals surface area contributed by atoms with E-state index in [-0.39, 0.29) is 16.1 Å². The molecule has 1 N–H and O–H groups in total. The fourth-order valence-electron chi connectivity index (χ4n) is 2.55. The van der Waals surface area contributed by atoms with Crippen molar-refractivity contribution < 1.29 is 22.3 Å². The van der Waals surface area contributed by atoms with Crippen LogP contribution < -0.4 is 14.2 Å². The normalized spacial score (nSPS) is 15.0. The molecule has 5 nitrogen and oxygen atoms in total. The molecule has 0 unspecified atom stereocenters. The zero-order chi connectivity index (χ0) is 18.7. The standard InChI is InChI=1S/C17H18FNO4S3/c1-22-14-9-13(18)16(10-15(14)23-2)26(20,21)19-12-5-3-4-11(8-12)17-24-6-7-25-17/h3-5,8-10,17,19H,6-7H2,1-2H3. The van der Waals surface area contributed by atoms with E-state index in [1.54, 1.807) is 18.2 Å². The second-order valence-corrected chi connectivity index (χ2v) is 9.82. The van der Waals surface area contributed by atoms with Crippen LogP contribution in [0.5, 0.6) is 11.5 Å². The fraction of sp³-hybridized carbons (Fsp3) is 0.294. The molecule has 2 aromatic rings. The van der Waals surface area contributed by atoms with E-state index in [9.17, 15) is 12.8 Å². The topological polar surface area (TPSA) is 64.6 Å². The molecular formula is C17H18FNO4S3. The second kappa shape index (κ2) is 7.98. The zero-order valence-electron chi connectivity index (χ0n) is 14.2. The van der Waals surface area contributed by atoms with Gasteiger partial charge in [-0.15, -0.1) is 23.5 Å². The van der Waals surface area contributed by atoms with Gasteiger partial charge < -0.3 is 9.47 Å². The fourth-order valence-corrected chi connectivity index (χ4v) is 6.51. The van der Waals surface area contributed by atoms with Crippen molar-refractivity contribution in [3.63, 3.8) is 0 Å². The molecular weight excluding hydrogens is 397 g/mol. The van der Waals surface area contributed by atoms with Crippen molar-refractivity contribution in [1.82, 2.24) is 0 Å². The van der Waals surface area contributed by atoms with Gasteiger partial charge in [-0.25, -0.2) is 12.8 Å². The molecule has 0 bridgehead atoms. The summed E-state index contributed by atoms with van der Waals surface area (Å²) in [7, 11) is -1.40. The third-order valence-electron chi connectivity index (χ3n) is 3.76. The minimum Gasteiger partial charge on any atom is -0.493 e. The van der Waals surface area contributed by atoms with Gasteiger partial charge in [-0.3, -0.25) is 4.72 Å². The van der Waals surface area contributed by atoms with Gasteiger partial charge in [0.15, 0.2) is 11.5 Å². The van der Waals surface area contributed by atoms with Gasteiger partial charge >= 0.3 is 0 Å². The van der Waals surface area contributed by atoms with Gasteiger partial charge in [0, 0.05) is 29.3 Å². The highest BCUT2D eigenvalue weighted by atomic mass is 32.2. The van der Waals surface area contributed by atoms with Crippen LogP contribution in [0.4, 0.5) is 10.1 Å². The summed E-state index contributed by atoms with van der Waals surface area (Å²) in [5.41, 5.74) is 1.43. The highest BCUT2D eigenvalue weighted by Crippen LogP contribution is 2.45. The number of benzene rings is 2. The highest BCUT2D eigenvalue weighted by molar-refractivity contribution is 8.19. The van der Waals surface area contributed by atoms with Crippen LogP contribution in [0.3, 0.4) is 0 Å². The molecule has 0 aliphatic carbocycles. The molecule has 0 spiro atoms. The lowest BCUT2D eigenvalue weighted by molar-refractivity contribution is 0.350. The Hall–Kier alpha value is -1.58. The lowest BCUT2D eigenvalue weighted by Crippen LogP contribution is -2.15. The molecule has 140 valence electrons. The number of sulfonamides is 1. The molecule has 26 heavy (non-hydrogen) atoms. The van der Waals surface area contributed by atoms with Crippen molar-refractivity contribution in [2.75, 3.05) is 30.4 Å². The van der Waals surface area contributed by atoms with Gasteiger partial charge in [0.05, 0.1) is 18.8 Å². The van der Waals surface area contributed by atoms with Crippen molar-refractivity contribution >= 4 is 39.2 Å². The van der Waals surface area contributed by atoms with E-state index >= 15 is 0 Å². The molecule has 0 atom stereocenters. The Kier molecular flexibility index (Phi) is 5.89. The van der Waals surface area contributed by atoms with E-state index in [2.05, 4.69) is 4.72 Å². The number of ether oxygens (including phenoxy) is 2. The molecule has 1 aliphatic rings. The summed E-state index contributed by atoms with van der Waals surface area (Å²) in [6.07, 6.45) is 0. The molecule has 1 heterocycles. The third-order valence-corrected chi connectivity index (χ3v) is 8.26. The lowest BCUT2D eigenvalue weighted by atomic mass is 10.2.